The molecule has 0 aliphatic carbocycles. The highest BCUT2D eigenvalue weighted by atomic mass is 16.2. The summed E-state index contributed by atoms with van der Waals surface area (Å²) in [5, 5.41) is 6.33. The van der Waals surface area contributed by atoms with Gasteiger partial charge in [-0.25, -0.2) is 0 Å². The van der Waals surface area contributed by atoms with E-state index in [0.29, 0.717) is 5.92 Å². The van der Waals surface area contributed by atoms with Crippen molar-refractivity contribution < 1.29 is 4.79 Å². The summed E-state index contributed by atoms with van der Waals surface area (Å²) < 4.78 is 0. The predicted octanol–water partition coefficient (Wildman–Crippen LogP) is 3.75. The highest BCUT2D eigenvalue weighted by molar-refractivity contribution is 5.94. The maximum absolute atomic E-state index is 12.2. The van der Waals surface area contributed by atoms with Crippen molar-refractivity contribution in [3.8, 4) is 0 Å². The third-order valence-electron chi connectivity index (χ3n) is 4.27. The minimum atomic E-state index is -0.0435. The molecule has 21 heavy (non-hydrogen) atoms. The molecule has 116 valence electrons. The molecule has 0 aromatic heterocycles. The molecule has 1 amide bonds. The van der Waals surface area contributed by atoms with Gasteiger partial charge in [-0.1, -0.05) is 38.8 Å². The number of piperidine rings is 1. The molecule has 1 saturated heterocycles. The summed E-state index contributed by atoms with van der Waals surface area (Å²) >= 11 is 0. The number of anilines is 1. The SMILES string of the molecule is CCCCCc1ccc(NC(=O)C2CC(C)CCN2)cc1. The first-order valence-corrected chi connectivity index (χ1v) is 8.32. The van der Waals surface area contributed by atoms with Crippen molar-refractivity contribution in [1.82, 2.24) is 5.32 Å². The molecule has 1 aromatic carbocycles. The van der Waals surface area contributed by atoms with E-state index in [-0.39, 0.29) is 11.9 Å². The average molecular weight is 288 g/mol. The second-order valence-electron chi connectivity index (χ2n) is 6.28. The Balaban J connectivity index is 1.83. The van der Waals surface area contributed by atoms with Gasteiger partial charge in [-0.15, -0.1) is 0 Å². The second kappa shape index (κ2) is 8.18. The predicted molar refractivity (Wildman–Crippen MR) is 88.5 cm³/mol. The third kappa shape index (κ3) is 5.16. The van der Waals surface area contributed by atoms with E-state index < -0.39 is 0 Å². The number of rotatable bonds is 6. The Bertz CT molecular complexity index is 441. The van der Waals surface area contributed by atoms with Crippen molar-refractivity contribution in [2.75, 3.05) is 11.9 Å². The number of carbonyl (C=O) groups excluding carboxylic acids is 1. The van der Waals surface area contributed by atoms with Gasteiger partial charge < -0.3 is 10.6 Å². The number of nitrogens with one attached hydrogen (secondary N) is 2. The van der Waals surface area contributed by atoms with Crippen LogP contribution in [-0.4, -0.2) is 18.5 Å². The number of amides is 1. The smallest absolute Gasteiger partial charge is 0.241 e. The molecular weight excluding hydrogens is 260 g/mol. The van der Waals surface area contributed by atoms with Gasteiger partial charge in [0.15, 0.2) is 0 Å². The molecule has 0 saturated carbocycles. The van der Waals surface area contributed by atoms with Crippen LogP contribution in [0.4, 0.5) is 5.69 Å². The molecular formula is C18H28N2O. The van der Waals surface area contributed by atoms with Gasteiger partial charge in [0.2, 0.25) is 5.91 Å². The summed E-state index contributed by atoms with van der Waals surface area (Å²) in [4.78, 5) is 12.2. The van der Waals surface area contributed by atoms with Crippen LogP contribution in [0.1, 0.15) is 51.5 Å². The Morgan fingerprint density at radius 2 is 2.05 bits per heavy atom. The first-order valence-electron chi connectivity index (χ1n) is 8.32. The van der Waals surface area contributed by atoms with Gasteiger partial charge in [-0.3, -0.25) is 4.79 Å². The van der Waals surface area contributed by atoms with E-state index in [0.717, 1.165) is 31.5 Å². The fourth-order valence-electron chi connectivity index (χ4n) is 2.87. The lowest BCUT2D eigenvalue weighted by Crippen LogP contribution is -2.45. The van der Waals surface area contributed by atoms with E-state index in [1.54, 1.807) is 0 Å². The Kier molecular flexibility index (Phi) is 6.24. The van der Waals surface area contributed by atoms with Gasteiger partial charge in [0, 0.05) is 5.69 Å². The van der Waals surface area contributed by atoms with Crippen molar-refractivity contribution >= 4 is 11.6 Å². The van der Waals surface area contributed by atoms with Gasteiger partial charge in [0.05, 0.1) is 6.04 Å². The maximum Gasteiger partial charge on any atom is 0.241 e. The van der Waals surface area contributed by atoms with Crippen LogP contribution in [0.25, 0.3) is 0 Å². The highest BCUT2D eigenvalue weighted by Gasteiger charge is 2.24. The van der Waals surface area contributed by atoms with Gasteiger partial charge in [0.1, 0.15) is 0 Å². The quantitative estimate of drug-likeness (QED) is 0.783. The molecule has 2 rings (SSSR count). The lowest BCUT2D eigenvalue weighted by Gasteiger charge is -2.27. The van der Waals surface area contributed by atoms with E-state index in [1.807, 2.05) is 12.1 Å². The largest absolute Gasteiger partial charge is 0.325 e. The summed E-state index contributed by atoms with van der Waals surface area (Å²) in [5.41, 5.74) is 2.25. The minimum Gasteiger partial charge on any atom is -0.325 e. The lowest BCUT2D eigenvalue weighted by atomic mass is 9.94. The minimum absolute atomic E-state index is 0.0435. The number of aryl methyl sites for hydroxylation is 1. The maximum atomic E-state index is 12.2. The Labute approximate surface area is 128 Å². The molecule has 1 fully saturated rings. The van der Waals surface area contributed by atoms with E-state index in [2.05, 4.69) is 36.6 Å². The Hall–Kier alpha value is -1.35. The van der Waals surface area contributed by atoms with Gasteiger partial charge in [0.25, 0.3) is 0 Å². The van der Waals surface area contributed by atoms with Crippen LogP contribution in [0.5, 0.6) is 0 Å². The van der Waals surface area contributed by atoms with Gasteiger partial charge >= 0.3 is 0 Å². The van der Waals surface area contributed by atoms with Crippen LogP contribution in [0, 0.1) is 5.92 Å². The molecule has 1 aromatic rings. The van der Waals surface area contributed by atoms with E-state index in [1.165, 1.54) is 24.8 Å². The number of hydrogen-bond acceptors (Lipinski definition) is 2. The topological polar surface area (TPSA) is 41.1 Å². The Morgan fingerprint density at radius 1 is 1.29 bits per heavy atom. The van der Waals surface area contributed by atoms with Gasteiger partial charge in [-0.2, -0.15) is 0 Å². The fraction of sp³-hybridized carbons (Fsp3) is 0.611. The Morgan fingerprint density at radius 3 is 2.71 bits per heavy atom. The zero-order valence-electron chi connectivity index (χ0n) is 13.3. The number of hydrogen-bond donors (Lipinski definition) is 2. The van der Waals surface area contributed by atoms with Crippen LogP contribution in [0.3, 0.4) is 0 Å². The number of unbranched alkanes of at least 4 members (excludes halogenated alkanes) is 2. The molecule has 0 bridgehead atoms. The monoisotopic (exact) mass is 288 g/mol. The summed E-state index contributed by atoms with van der Waals surface area (Å²) in [6, 6.07) is 8.25. The fourth-order valence-corrected chi connectivity index (χ4v) is 2.87. The van der Waals surface area contributed by atoms with E-state index in [9.17, 15) is 4.79 Å². The van der Waals surface area contributed by atoms with Crippen LogP contribution >= 0.6 is 0 Å². The normalized spacial score (nSPS) is 22.0. The lowest BCUT2D eigenvalue weighted by molar-refractivity contribution is -0.119. The first kappa shape index (κ1) is 16.0. The van der Waals surface area contributed by atoms with E-state index in [4.69, 9.17) is 0 Å². The average Bonchev–Trinajstić information content (AvgIpc) is 2.49. The van der Waals surface area contributed by atoms with Crippen molar-refractivity contribution in [2.45, 2.75) is 58.4 Å². The van der Waals surface area contributed by atoms with Crippen LogP contribution < -0.4 is 10.6 Å². The molecule has 2 N–H and O–H groups in total. The highest BCUT2D eigenvalue weighted by Crippen LogP contribution is 2.17. The molecule has 3 nitrogen and oxygen atoms in total. The zero-order chi connectivity index (χ0) is 15.1. The summed E-state index contributed by atoms with van der Waals surface area (Å²) in [5.74, 6) is 0.725. The van der Waals surface area contributed by atoms with E-state index >= 15 is 0 Å². The van der Waals surface area contributed by atoms with Crippen molar-refractivity contribution in [3.05, 3.63) is 29.8 Å². The zero-order valence-corrected chi connectivity index (χ0v) is 13.3. The third-order valence-corrected chi connectivity index (χ3v) is 4.27. The molecule has 1 aliphatic rings. The summed E-state index contributed by atoms with van der Waals surface area (Å²) in [7, 11) is 0. The number of benzene rings is 1. The van der Waals surface area contributed by atoms with Crippen LogP contribution in [0.15, 0.2) is 24.3 Å². The van der Waals surface area contributed by atoms with Crippen molar-refractivity contribution in [2.24, 2.45) is 5.92 Å². The molecule has 2 unspecified atom stereocenters. The summed E-state index contributed by atoms with van der Waals surface area (Å²) in [6.45, 7) is 5.38. The molecule has 1 heterocycles. The van der Waals surface area contributed by atoms with Crippen molar-refractivity contribution in [3.63, 3.8) is 0 Å². The van der Waals surface area contributed by atoms with Gasteiger partial charge in [-0.05, 0) is 55.8 Å². The molecule has 3 heteroatoms. The number of carbonyl (C=O) groups is 1. The van der Waals surface area contributed by atoms with Crippen molar-refractivity contribution in [1.29, 1.82) is 0 Å². The molecule has 1 aliphatic heterocycles. The summed E-state index contributed by atoms with van der Waals surface area (Å²) in [6.07, 6.45) is 7.00. The molecule has 0 radical (unpaired) electrons. The molecule has 2 atom stereocenters. The van der Waals surface area contributed by atoms with Crippen LogP contribution in [0.2, 0.25) is 0 Å². The van der Waals surface area contributed by atoms with Crippen LogP contribution in [-0.2, 0) is 11.2 Å². The second-order valence-corrected chi connectivity index (χ2v) is 6.28. The first-order chi connectivity index (χ1) is 10.2. The standard InChI is InChI=1S/C18H28N2O/c1-3-4-5-6-15-7-9-16(10-8-15)20-18(21)17-13-14(2)11-12-19-17/h7-10,14,17,19H,3-6,11-13H2,1-2H3,(H,20,21). The molecule has 0 spiro atoms.